The van der Waals surface area contributed by atoms with E-state index >= 15 is 0 Å². The van der Waals surface area contributed by atoms with Crippen molar-refractivity contribution in [3.05, 3.63) is 77.5 Å². The van der Waals surface area contributed by atoms with Crippen LogP contribution in [0.1, 0.15) is 37.3 Å². The Morgan fingerprint density at radius 3 is 2.50 bits per heavy atom. The number of carbonyl (C=O) groups is 2. The Labute approximate surface area is 176 Å². The van der Waals surface area contributed by atoms with Gasteiger partial charge in [0.05, 0.1) is 11.1 Å². The Morgan fingerprint density at radius 2 is 1.77 bits per heavy atom. The number of nitrogens with two attached hydrogens (primary N) is 1. The first kappa shape index (κ1) is 18.4. The first-order valence-electron chi connectivity index (χ1n) is 9.85. The second-order valence-corrected chi connectivity index (χ2v) is 7.71. The molecule has 2 N–H and O–H groups in total. The molecule has 154 valence electrons. The van der Waals surface area contributed by atoms with E-state index in [0.29, 0.717) is 11.3 Å². The minimum Gasteiger partial charge on any atom is -0.454 e. The minimum absolute atomic E-state index is 0. The number of rotatable bonds is 6. The molecule has 1 amide bonds. The van der Waals surface area contributed by atoms with Gasteiger partial charge in [-0.3, -0.25) is 14.6 Å². The van der Waals surface area contributed by atoms with Crippen LogP contribution in [0.3, 0.4) is 0 Å². The van der Waals surface area contributed by atoms with Gasteiger partial charge in [-0.1, -0.05) is 24.3 Å². The molecule has 6 nitrogen and oxygen atoms in total. The van der Waals surface area contributed by atoms with Crippen molar-refractivity contribution in [2.45, 2.75) is 24.7 Å². The smallest absolute Gasteiger partial charge is 0.248 e. The average molecular weight is 404 g/mol. The van der Waals surface area contributed by atoms with Gasteiger partial charge >= 0.3 is 0 Å². The summed E-state index contributed by atoms with van der Waals surface area (Å²) >= 11 is 0. The molecule has 0 radical (unpaired) electrons. The standard InChI is InChI=1S/C24H20N2O4.2H2/c25-23(28)16-6-4-15(5-7-16)19-3-1-2-18(26-19)13-22(27)24(10-11-24)17-8-9-20-21(12-17)30-14-29-20;;/h1-9,12H,10-11,13-14H2,(H2,25,28);2*1H. The third-order valence-corrected chi connectivity index (χ3v) is 5.82. The van der Waals surface area contributed by atoms with Gasteiger partial charge in [0.15, 0.2) is 11.5 Å². The highest BCUT2D eigenvalue weighted by Gasteiger charge is 2.50. The number of fused-ring (bicyclic) bond motifs is 1. The monoisotopic (exact) mass is 404 g/mol. The summed E-state index contributed by atoms with van der Waals surface area (Å²) in [4.78, 5) is 29.1. The van der Waals surface area contributed by atoms with E-state index in [1.807, 2.05) is 48.5 Å². The highest BCUT2D eigenvalue weighted by molar-refractivity contribution is 5.95. The van der Waals surface area contributed by atoms with Crippen LogP contribution in [-0.4, -0.2) is 23.5 Å². The van der Waals surface area contributed by atoms with Crippen molar-refractivity contribution < 1.29 is 21.9 Å². The summed E-state index contributed by atoms with van der Waals surface area (Å²) in [7, 11) is 0. The molecular weight excluding hydrogens is 380 g/mol. The quantitative estimate of drug-likeness (QED) is 0.672. The van der Waals surface area contributed by atoms with E-state index in [1.54, 1.807) is 12.1 Å². The molecule has 2 aromatic carbocycles. The molecule has 0 bridgehead atoms. The molecule has 3 aromatic rings. The van der Waals surface area contributed by atoms with Gasteiger partial charge in [-0.15, -0.1) is 0 Å². The summed E-state index contributed by atoms with van der Waals surface area (Å²) in [6.07, 6.45) is 1.93. The first-order valence-corrected chi connectivity index (χ1v) is 9.85. The van der Waals surface area contributed by atoms with Crippen molar-refractivity contribution >= 4 is 11.7 Å². The minimum atomic E-state index is -0.466. The van der Waals surface area contributed by atoms with Crippen LogP contribution in [0.4, 0.5) is 0 Å². The lowest BCUT2D eigenvalue weighted by Gasteiger charge is -2.15. The Balaban J connectivity index is 0.00000144. The van der Waals surface area contributed by atoms with Gasteiger partial charge in [-0.05, 0) is 54.8 Å². The van der Waals surface area contributed by atoms with Gasteiger partial charge in [0.25, 0.3) is 0 Å². The molecule has 2 aliphatic rings. The summed E-state index contributed by atoms with van der Waals surface area (Å²) in [5.41, 5.74) is 8.62. The van der Waals surface area contributed by atoms with Crippen LogP contribution in [0, 0.1) is 0 Å². The van der Waals surface area contributed by atoms with Crippen LogP contribution < -0.4 is 15.2 Å². The number of aromatic nitrogens is 1. The molecule has 0 saturated heterocycles. The SMILES string of the molecule is NC(=O)c1ccc(-c2cccc(CC(=O)C3(c4ccc5c(c4)OCO5)CC3)n2)cc1.[HH].[HH]. The van der Waals surface area contributed by atoms with Gasteiger partial charge in [0.1, 0.15) is 5.78 Å². The van der Waals surface area contributed by atoms with Gasteiger partial charge < -0.3 is 15.2 Å². The lowest BCUT2D eigenvalue weighted by atomic mass is 9.88. The van der Waals surface area contributed by atoms with Gasteiger partial charge in [0.2, 0.25) is 12.7 Å². The molecule has 1 aliphatic carbocycles. The third kappa shape index (κ3) is 3.20. The Hall–Kier alpha value is -3.67. The molecule has 0 spiro atoms. The van der Waals surface area contributed by atoms with Crippen LogP contribution in [-0.2, 0) is 16.6 Å². The Kier molecular flexibility index (Phi) is 4.28. The van der Waals surface area contributed by atoms with E-state index in [2.05, 4.69) is 4.98 Å². The summed E-state index contributed by atoms with van der Waals surface area (Å²) in [6.45, 7) is 0.219. The maximum atomic E-state index is 13.2. The maximum Gasteiger partial charge on any atom is 0.248 e. The predicted molar refractivity (Wildman–Crippen MR) is 115 cm³/mol. The molecule has 1 aromatic heterocycles. The average Bonchev–Trinajstić information content (AvgIpc) is 3.45. The summed E-state index contributed by atoms with van der Waals surface area (Å²) < 4.78 is 10.8. The van der Waals surface area contributed by atoms with Crippen LogP contribution in [0.5, 0.6) is 11.5 Å². The molecule has 30 heavy (non-hydrogen) atoms. The number of carbonyl (C=O) groups excluding carboxylic acids is 2. The number of ketones is 1. The highest BCUT2D eigenvalue weighted by Crippen LogP contribution is 2.51. The molecule has 0 unspecified atom stereocenters. The van der Waals surface area contributed by atoms with Crippen molar-refractivity contribution in [1.29, 1.82) is 0 Å². The van der Waals surface area contributed by atoms with Crippen molar-refractivity contribution in [2.75, 3.05) is 6.79 Å². The van der Waals surface area contributed by atoms with Gasteiger partial charge in [-0.2, -0.15) is 0 Å². The fraction of sp³-hybridized carbons (Fsp3) is 0.208. The Bertz CT molecular complexity index is 1160. The lowest BCUT2D eigenvalue weighted by molar-refractivity contribution is -0.120. The van der Waals surface area contributed by atoms with Crippen molar-refractivity contribution in [1.82, 2.24) is 4.98 Å². The molecule has 5 rings (SSSR count). The number of amides is 1. The topological polar surface area (TPSA) is 91.5 Å². The van der Waals surface area contributed by atoms with E-state index in [4.69, 9.17) is 15.2 Å². The zero-order chi connectivity index (χ0) is 20.7. The number of primary amides is 1. The molecule has 1 aliphatic heterocycles. The maximum absolute atomic E-state index is 13.2. The molecule has 0 atom stereocenters. The molecular formula is C24H24N2O4. The normalized spacial score (nSPS) is 15.6. The predicted octanol–water partition coefficient (Wildman–Crippen LogP) is 3.91. The van der Waals surface area contributed by atoms with Crippen molar-refractivity contribution in [2.24, 2.45) is 5.73 Å². The van der Waals surface area contributed by atoms with Crippen molar-refractivity contribution in [3.8, 4) is 22.8 Å². The Morgan fingerprint density at radius 1 is 1.00 bits per heavy atom. The molecule has 1 saturated carbocycles. The largest absolute Gasteiger partial charge is 0.454 e. The van der Waals surface area contributed by atoms with E-state index < -0.39 is 11.3 Å². The zero-order valence-corrected chi connectivity index (χ0v) is 16.3. The summed E-state index contributed by atoms with van der Waals surface area (Å²) in [5, 5.41) is 0. The van der Waals surface area contributed by atoms with E-state index in [0.717, 1.165) is 41.1 Å². The summed E-state index contributed by atoms with van der Waals surface area (Å²) in [5.74, 6) is 1.12. The highest BCUT2D eigenvalue weighted by atomic mass is 16.7. The lowest BCUT2D eigenvalue weighted by Crippen LogP contribution is -2.23. The number of ether oxygens (including phenoxy) is 2. The van der Waals surface area contributed by atoms with Crippen LogP contribution in [0.25, 0.3) is 11.3 Å². The molecule has 1 fully saturated rings. The summed E-state index contributed by atoms with van der Waals surface area (Å²) in [6, 6.07) is 18.4. The number of hydrogen-bond donors (Lipinski definition) is 1. The van der Waals surface area contributed by atoms with Crippen molar-refractivity contribution in [3.63, 3.8) is 0 Å². The van der Waals surface area contributed by atoms with Gasteiger partial charge in [-0.25, -0.2) is 0 Å². The number of hydrogen-bond acceptors (Lipinski definition) is 5. The number of pyridine rings is 1. The van der Waals surface area contributed by atoms with Crippen LogP contribution >= 0.6 is 0 Å². The second-order valence-electron chi connectivity index (χ2n) is 7.71. The zero-order valence-electron chi connectivity index (χ0n) is 16.3. The number of nitrogens with zero attached hydrogens (tertiary/aromatic N) is 1. The second kappa shape index (κ2) is 6.99. The van der Waals surface area contributed by atoms with Crippen LogP contribution in [0.15, 0.2) is 60.7 Å². The first-order chi connectivity index (χ1) is 14.5. The molecule has 6 heteroatoms. The van der Waals surface area contributed by atoms with E-state index in [1.165, 1.54) is 0 Å². The molecule has 2 heterocycles. The number of Topliss-reactive ketones (excluding diaryl/α,β-unsaturated/α-hetero) is 1. The van der Waals surface area contributed by atoms with E-state index in [9.17, 15) is 9.59 Å². The van der Waals surface area contributed by atoms with E-state index in [-0.39, 0.29) is 21.9 Å². The van der Waals surface area contributed by atoms with Crippen LogP contribution in [0.2, 0.25) is 0 Å². The number of benzene rings is 2. The fourth-order valence-electron chi connectivity index (χ4n) is 3.93. The third-order valence-electron chi connectivity index (χ3n) is 5.82. The fourth-order valence-corrected chi connectivity index (χ4v) is 3.93. The van der Waals surface area contributed by atoms with Gasteiger partial charge in [0, 0.05) is 26.1 Å².